The highest BCUT2D eigenvalue weighted by Gasteiger charge is 2.33. The van der Waals surface area contributed by atoms with E-state index < -0.39 is 0 Å². The van der Waals surface area contributed by atoms with Crippen LogP contribution in [-0.4, -0.2) is 33.6 Å². The summed E-state index contributed by atoms with van der Waals surface area (Å²) in [6, 6.07) is 7.45. The standard InChI is InChI=1S/C15H17N3O2/c1-2-9-18(10-7-8-10)15(20)13-11-5-3-4-6-12(11)14(19)17-16-13/h3-6,10H,2,7-9H2,1H3,(H,17,19). The van der Waals surface area contributed by atoms with Crippen LogP contribution >= 0.6 is 0 Å². The Hall–Kier alpha value is -2.17. The zero-order valence-electron chi connectivity index (χ0n) is 11.4. The number of aromatic nitrogens is 2. The van der Waals surface area contributed by atoms with Gasteiger partial charge < -0.3 is 4.90 Å². The first-order valence-electron chi connectivity index (χ1n) is 7.00. The number of hydrogen-bond acceptors (Lipinski definition) is 3. The van der Waals surface area contributed by atoms with Crippen molar-refractivity contribution in [2.75, 3.05) is 6.54 Å². The fraction of sp³-hybridized carbons (Fsp3) is 0.400. The Balaban J connectivity index is 2.07. The molecule has 0 bridgehead atoms. The van der Waals surface area contributed by atoms with Crippen LogP contribution in [0.25, 0.3) is 10.8 Å². The van der Waals surface area contributed by atoms with Gasteiger partial charge >= 0.3 is 0 Å². The molecule has 1 aromatic carbocycles. The van der Waals surface area contributed by atoms with Crippen LogP contribution in [-0.2, 0) is 0 Å². The molecule has 5 nitrogen and oxygen atoms in total. The quantitative estimate of drug-likeness (QED) is 0.924. The summed E-state index contributed by atoms with van der Waals surface area (Å²) in [5, 5.41) is 7.56. The molecule has 1 aromatic heterocycles. The van der Waals surface area contributed by atoms with Gasteiger partial charge in [0.15, 0.2) is 5.69 Å². The first kappa shape index (κ1) is 12.8. The Kier molecular flexibility index (Phi) is 3.26. The molecule has 0 aliphatic heterocycles. The van der Waals surface area contributed by atoms with Crippen LogP contribution in [0.3, 0.4) is 0 Å². The Morgan fingerprint density at radius 3 is 2.70 bits per heavy atom. The number of benzene rings is 1. The molecule has 1 amide bonds. The first-order valence-corrected chi connectivity index (χ1v) is 7.00. The lowest BCUT2D eigenvalue weighted by Crippen LogP contribution is -2.35. The molecule has 1 heterocycles. The predicted octanol–water partition coefficient (Wildman–Crippen LogP) is 1.94. The monoisotopic (exact) mass is 271 g/mol. The van der Waals surface area contributed by atoms with Gasteiger partial charge in [0.2, 0.25) is 0 Å². The lowest BCUT2D eigenvalue weighted by molar-refractivity contribution is 0.0738. The molecule has 1 aliphatic rings. The van der Waals surface area contributed by atoms with E-state index >= 15 is 0 Å². The molecule has 104 valence electrons. The third-order valence-corrected chi connectivity index (χ3v) is 3.61. The highest BCUT2D eigenvalue weighted by atomic mass is 16.2. The van der Waals surface area contributed by atoms with Gasteiger partial charge in [-0.15, -0.1) is 0 Å². The Bertz CT molecular complexity index is 704. The fourth-order valence-corrected chi connectivity index (χ4v) is 2.49. The van der Waals surface area contributed by atoms with E-state index in [9.17, 15) is 9.59 Å². The number of nitrogens with one attached hydrogen (secondary N) is 1. The van der Waals surface area contributed by atoms with Gasteiger partial charge in [0.25, 0.3) is 11.5 Å². The van der Waals surface area contributed by atoms with Crippen molar-refractivity contribution in [1.29, 1.82) is 0 Å². The van der Waals surface area contributed by atoms with Gasteiger partial charge in [0.05, 0.1) is 5.39 Å². The van der Waals surface area contributed by atoms with Gasteiger partial charge in [0, 0.05) is 18.0 Å². The van der Waals surface area contributed by atoms with Gasteiger partial charge in [-0.3, -0.25) is 9.59 Å². The van der Waals surface area contributed by atoms with Crippen molar-refractivity contribution in [1.82, 2.24) is 15.1 Å². The number of aromatic amines is 1. The molecule has 20 heavy (non-hydrogen) atoms. The van der Waals surface area contributed by atoms with Crippen molar-refractivity contribution in [3.8, 4) is 0 Å². The largest absolute Gasteiger partial charge is 0.334 e. The molecule has 1 aliphatic carbocycles. The number of nitrogens with zero attached hydrogens (tertiary/aromatic N) is 2. The number of rotatable bonds is 4. The summed E-state index contributed by atoms with van der Waals surface area (Å²) in [6.45, 7) is 2.79. The van der Waals surface area contributed by atoms with Crippen molar-refractivity contribution >= 4 is 16.7 Å². The Morgan fingerprint density at radius 2 is 2.05 bits per heavy atom. The van der Waals surface area contributed by atoms with E-state index in [1.165, 1.54) is 0 Å². The second-order valence-corrected chi connectivity index (χ2v) is 5.18. The van der Waals surface area contributed by atoms with Crippen molar-refractivity contribution in [3.05, 3.63) is 40.3 Å². The number of fused-ring (bicyclic) bond motifs is 1. The zero-order valence-corrected chi connectivity index (χ0v) is 11.4. The molecule has 3 rings (SSSR count). The minimum Gasteiger partial charge on any atom is -0.334 e. The van der Waals surface area contributed by atoms with E-state index in [4.69, 9.17) is 0 Å². The summed E-state index contributed by atoms with van der Waals surface area (Å²) < 4.78 is 0. The summed E-state index contributed by atoms with van der Waals surface area (Å²) in [7, 11) is 0. The van der Waals surface area contributed by atoms with Gasteiger partial charge in [-0.25, -0.2) is 5.10 Å². The molecular formula is C15H17N3O2. The Morgan fingerprint density at radius 1 is 1.35 bits per heavy atom. The van der Waals surface area contributed by atoms with Crippen LogP contribution in [0, 0.1) is 0 Å². The summed E-state index contributed by atoms with van der Waals surface area (Å²) >= 11 is 0. The second-order valence-electron chi connectivity index (χ2n) is 5.18. The summed E-state index contributed by atoms with van der Waals surface area (Å²) in [5.74, 6) is -0.0817. The van der Waals surface area contributed by atoms with Gasteiger partial charge in [-0.2, -0.15) is 5.10 Å². The molecule has 1 N–H and O–H groups in total. The fourth-order valence-electron chi connectivity index (χ4n) is 2.49. The molecule has 0 saturated heterocycles. The van der Waals surface area contributed by atoms with Crippen LogP contribution < -0.4 is 5.56 Å². The third-order valence-electron chi connectivity index (χ3n) is 3.61. The van der Waals surface area contributed by atoms with E-state index in [1.54, 1.807) is 18.2 Å². The average Bonchev–Trinajstić information content (AvgIpc) is 3.29. The predicted molar refractivity (Wildman–Crippen MR) is 76.7 cm³/mol. The van der Waals surface area contributed by atoms with Crippen LogP contribution in [0.4, 0.5) is 0 Å². The molecule has 0 unspecified atom stereocenters. The molecular weight excluding hydrogens is 254 g/mol. The maximum Gasteiger partial charge on any atom is 0.275 e. The van der Waals surface area contributed by atoms with Crippen molar-refractivity contribution in [2.24, 2.45) is 0 Å². The van der Waals surface area contributed by atoms with E-state index in [1.807, 2.05) is 11.0 Å². The molecule has 5 heteroatoms. The van der Waals surface area contributed by atoms with E-state index in [0.717, 1.165) is 25.8 Å². The summed E-state index contributed by atoms with van der Waals surface area (Å²) in [4.78, 5) is 26.3. The highest BCUT2D eigenvalue weighted by molar-refractivity contribution is 6.04. The van der Waals surface area contributed by atoms with E-state index in [-0.39, 0.29) is 11.5 Å². The highest BCUT2D eigenvalue weighted by Crippen LogP contribution is 2.29. The van der Waals surface area contributed by atoms with E-state index in [2.05, 4.69) is 17.1 Å². The molecule has 0 radical (unpaired) electrons. The summed E-state index contributed by atoms with van der Waals surface area (Å²) in [5.41, 5.74) is 0.0890. The maximum absolute atomic E-state index is 12.7. The van der Waals surface area contributed by atoms with Gasteiger partial charge in [0.1, 0.15) is 0 Å². The zero-order chi connectivity index (χ0) is 14.1. The normalized spacial score (nSPS) is 14.4. The minimum atomic E-state index is -0.259. The number of amides is 1. The summed E-state index contributed by atoms with van der Waals surface area (Å²) in [6.07, 6.45) is 3.05. The Labute approximate surface area is 116 Å². The maximum atomic E-state index is 12.7. The van der Waals surface area contributed by atoms with Crippen molar-refractivity contribution in [2.45, 2.75) is 32.2 Å². The molecule has 1 saturated carbocycles. The van der Waals surface area contributed by atoms with Crippen LogP contribution in [0.15, 0.2) is 29.1 Å². The number of H-pyrrole nitrogens is 1. The number of carbonyl (C=O) groups excluding carboxylic acids is 1. The first-order chi connectivity index (χ1) is 9.72. The lowest BCUT2D eigenvalue weighted by Gasteiger charge is -2.21. The van der Waals surface area contributed by atoms with Crippen LogP contribution in [0.5, 0.6) is 0 Å². The number of hydrogen-bond donors (Lipinski definition) is 1. The third kappa shape index (κ3) is 2.19. The van der Waals surface area contributed by atoms with Gasteiger partial charge in [-0.1, -0.05) is 25.1 Å². The van der Waals surface area contributed by atoms with Crippen LogP contribution in [0.2, 0.25) is 0 Å². The van der Waals surface area contributed by atoms with E-state index in [0.29, 0.717) is 22.5 Å². The second kappa shape index (κ2) is 5.07. The molecule has 1 fully saturated rings. The molecule has 0 atom stereocenters. The van der Waals surface area contributed by atoms with Crippen molar-refractivity contribution in [3.63, 3.8) is 0 Å². The van der Waals surface area contributed by atoms with Crippen molar-refractivity contribution < 1.29 is 4.79 Å². The van der Waals surface area contributed by atoms with Gasteiger partial charge in [-0.05, 0) is 25.3 Å². The topological polar surface area (TPSA) is 66.1 Å². The molecule has 0 spiro atoms. The lowest BCUT2D eigenvalue weighted by atomic mass is 10.1. The SMILES string of the molecule is CCCN(C(=O)c1n[nH]c(=O)c2ccccc12)C1CC1. The number of carbonyl (C=O) groups is 1. The minimum absolute atomic E-state index is 0.0817. The molecule has 2 aromatic rings. The van der Waals surface area contributed by atoms with Crippen LogP contribution in [0.1, 0.15) is 36.7 Å². The smallest absolute Gasteiger partial charge is 0.275 e. The average molecular weight is 271 g/mol.